The lowest BCUT2D eigenvalue weighted by atomic mass is 10.0. The minimum Gasteiger partial charge on any atom is -0.459 e. The van der Waals surface area contributed by atoms with Crippen LogP contribution < -0.4 is 5.73 Å². The van der Waals surface area contributed by atoms with Crippen LogP contribution in [0.15, 0.2) is 51.4 Å². The van der Waals surface area contributed by atoms with Gasteiger partial charge in [0.15, 0.2) is 0 Å². The number of hydrogen-bond acceptors (Lipinski definition) is 2. The molecule has 1 heterocycles. The fourth-order valence-electron chi connectivity index (χ4n) is 2.37. The molecule has 0 bridgehead atoms. The molecule has 1 atom stereocenters. The number of rotatable bonds is 2. The van der Waals surface area contributed by atoms with Gasteiger partial charge >= 0.3 is 0 Å². The number of aryl methyl sites for hydroxylation is 1. The molecular weight excluding hydrogens is 338 g/mol. The molecule has 102 valence electrons. The molecule has 20 heavy (non-hydrogen) atoms. The zero-order valence-corrected chi connectivity index (χ0v) is 13.2. The standard InChI is InChI=1S/C16H13BrClNO/c1-9-13-6-5-11(17)8-14(13)20-16(9)15(19)10-3-2-4-12(18)7-10/h2-8,15H,19H2,1H3. The lowest BCUT2D eigenvalue weighted by Gasteiger charge is -2.10. The van der Waals surface area contributed by atoms with E-state index in [1.54, 1.807) is 0 Å². The Morgan fingerprint density at radius 1 is 1.20 bits per heavy atom. The SMILES string of the molecule is Cc1c(C(N)c2cccc(Cl)c2)oc2cc(Br)ccc12. The van der Waals surface area contributed by atoms with E-state index < -0.39 is 0 Å². The van der Waals surface area contributed by atoms with E-state index in [2.05, 4.69) is 15.9 Å². The van der Waals surface area contributed by atoms with E-state index in [-0.39, 0.29) is 6.04 Å². The highest BCUT2D eigenvalue weighted by atomic mass is 79.9. The van der Waals surface area contributed by atoms with Crippen LogP contribution in [0.1, 0.15) is 22.9 Å². The quantitative estimate of drug-likeness (QED) is 0.689. The van der Waals surface area contributed by atoms with Gasteiger partial charge in [-0.1, -0.05) is 39.7 Å². The van der Waals surface area contributed by atoms with E-state index in [0.717, 1.165) is 32.3 Å². The third kappa shape index (κ3) is 2.37. The summed E-state index contributed by atoms with van der Waals surface area (Å²) in [6, 6.07) is 13.2. The van der Waals surface area contributed by atoms with Crippen molar-refractivity contribution in [2.75, 3.05) is 0 Å². The first-order chi connectivity index (χ1) is 9.56. The Hall–Kier alpha value is -1.29. The van der Waals surface area contributed by atoms with Crippen molar-refractivity contribution in [3.8, 4) is 0 Å². The van der Waals surface area contributed by atoms with Gasteiger partial charge in [-0.25, -0.2) is 0 Å². The van der Waals surface area contributed by atoms with Gasteiger partial charge in [0.2, 0.25) is 0 Å². The van der Waals surface area contributed by atoms with Crippen LogP contribution >= 0.6 is 27.5 Å². The number of furan rings is 1. The average molecular weight is 351 g/mol. The molecule has 0 fully saturated rings. The molecular formula is C16H13BrClNO. The lowest BCUT2D eigenvalue weighted by molar-refractivity contribution is 0.521. The fraction of sp³-hybridized carbons (Fsp3) is 0.125. The van der Waals surface area contributed by atoms with Crippen molar-refractivity contribution < 1.29 is 4.42 Å². The molecule has 4 heteroatoms. The van der Waals surface area contributed by atoms with Gasteiger partial charge in [-0.15, -0.1) is 0 Å². The third-order valence-electron chi connectivity index (χ3n) is 3.43. The maximum atomic E-state index is 6.32. The Morgan fingerprint density at radius 2 is 2.00 bits per heavy atom. The van der Waals surface area contributed by atoms with Gasteiger partial charge in [0.05, 0.1) is 6.04 Å². The van der Waals surface area contributed by atoms with Crippen molar-refractivity contribution in [1.29, 1.82) is 0 Å². The van der Waals surface area contributed by atoms with Crippen LogP contribution in [0, 0.1) is 6.92 Å². The van der Waals surface area contributed by atoms with Gasteiger partial charge in [-0.05, 0) is 42.8 Å². The molecule has 0 aliphatic carbocycles. The van der Waals surface area contributed by atoms with E-state index in [0.29, 0.717) is 5.02 Å². The van der Waals surface area contributed by atoms with E-state index in [1.807, 2.05) is 49.4 Å². The number of halogens is 2. The first-order valence-corrected chi connectivity index (χ1v) is 7.43. The molecule has 0 radical (unpaired) electrons. The second-order valence-electron chi connectivity index (χ2n) is 4.76. The summed E-state index contributed by atoms with van der Waals surface area (Å²) in [6.45, 7) is 2.03. The molecule has 0 saturated heterocycles. The highest BCUT2D eigenvalue weighted by Gasteiger charge is 2.18. The minimum atomic E-state index is -0.320. The van der Waals surface area contributed by atoms with Crippen LogP contribution in [0.2, 0.25) is 5.02 Å². The first-order valence-electron chi connectivity index (χ1n) is 6.26. The monoisotopic (exact) mass is 349 g/mol. The summed E-state index contributed by atoms with van der Waals surface area (Å²) < 4.78 is 6.93. The van der Waals surface area contributed by atoms with Crippen LogP contribution in [-0.2, 0) is 0 Å². The molecule has 0 saturated carbocycles. The van der Waals surface area contributed by atoms with Crippen molar-refractivity contribution in [3.63, 3.8) is 0 Å². The van der Waals surface area contributed by atoms with Crippen LogP contribution in [0.4, 0.5) is 0 Å². The summed E-state index contributed by atoms with van der Waals surface area (Å²) in [5.41, 5.74) is 9.17. The number of fused-ring (bicyclic) bond motifs is 1. The average Bonchev–Trinajstić information content (AvgIpc) is 2.74. The Morgan fingerprint density at radius 3 is 2.75 bits per heavy atom. The normalized spacial score (nSPS) is 12.8. The Labute approximate surface area is 130 Å². The lowest BCUT2D eigenvalue weighted by Crippen LogP contribution is -2.11. The highest BCUT2D eigenvalue weighted by molar-refractivity contribution is 9.10. The minimum absolute atomic E-state index is 0.320. The second-order valence-corrected chi connectivity index (χ2v) is 6.12. The Kier molecular flexibility index (Phi) is 3.59. The largest absolute Gasteiger partial charge is 0.459 e. The van der Waals surface area contributed by atoms with Crippen molar-refractivity contribution >= 4 is 38.5 Å². The summed E-state index contributed by atoms with van der Waals surface area (Å²) >= 11 is 9.47. The van der Waals surface area contributed by atoms with Crippen molar-refractivity contribution in [2.24, 2.45) is 5.73 Å². The summed E-state index contributed by atoms with van der Waals surface area (Å²) in [5, 5.41) is 1.76. The van der Waals surface area contributed by atoms with Crippen LogP contribution in [0.5, 0.6) is 0 Å². The van der Waals surface area contributed by atoms with Crippen LogP contribution in [0.25, 0.3) is 11.0 Å². The molecule has 2 N–H and O–H groups in total. The van der Waals surface area contributed by atoms with Crippen molar-refractivity contribution in [1.82, 2.24) is 0 Å². The van der Waals surface area contributed by atoms with Gasteiger partial charge in [0.25, 0.3) is 0 Å². The van der Waals surface area contributed by atoms with Gasteiger partial charge in [-0.3, -0.25) is 0 Å². The van der Waals surface area contributed by atoms with Crippen molar-refractivity contribution in [3.05, 3.63) is 68.8 Å². The number of benzene rings is 2. The molecule has 2 aromatic carbocycles. The van der Waals surface area contributed by atoms with Gasteiger partial charge in [0, 0.05) is 20.4 Å². The molecule has 0 aliphatic heterocycles. The number of nitrogens with two attached hydrogens (primary N) is 1. The number of hydrogen-bond donors (Lipinski definition) is 1. The topological polar surface area (TPSA) is 39.2 Å². The molecule has 3 rings (SSSR count). The zero-order chi connectivity index (χ0) is 14.3. The Balaban J connectivity index is 2.12. The smallest absolute Gasteiger partial charge is 0.135 e. The van der Waals surface area contributed by atoms with Gasteiger partial charge in [0.1, 0.15) is 11.3 Å². The van der Waals surface area contributed by atoms with Crippen molar-refractivity contribution in [2.45, 2.75) is 13.0 Å². The summed E-state index contributed by atoms with van der Waals surface area (Å²) in [5.74, 6) is 0.778. The summed E-state index contributed by atoms with van der Waals surface area (Å²) in [6.07, 6.45) is 0. The predicted octanol–water partition coefficient (Wildman–Crippen LogP) is 5.21. The molecule has 0 spiro atoms. The maximum absolute atomic E-state index is 6.32. The second kappa shape index (κ2) is 5.24. The third-order valence-corrected chi connectivity index (χ3v) is 4.16. The molecule has 0 amide bonds. The van der Waals surface area contributed by atoms with Gasteiger partial charge in [-0.2, -0.15) is 0 Å². The Bertz CT molecular complexity index is 781. The first kappa shape index (κ1) is 13.7. The van der Waals surface area contributed by atoms with E-state index >= 15 is 0 Å². The van der Waals surface area contributed by atoms with E-state index in [1.165, 1.54) is 0 Å². The van der Waals surface area contributed by atoms with E-state index in [4.69, 9.17) is 21.8 Å². The predicted molar refractivity (Wildman–Crippen MR) is 86.1 cm³/mol. The zero-order valence-electron chi connectivity index (χ0n) is 10.9. The molecule has 3 aromatic rings. The fourth-order valence-corrected chi connectivity index (χ4v) is 2.91. The summed E-state index contributed by atoms with van der Waals surface area (Å²) in [4.78, 5) is 0. The summed E-state index contributed by atoms with van der Waals surface area (Å²) in [7, 11) is 0. The molecule has 2 nitrogen and oxygen atoms in total. The highest BCUT2D eigenvalue weighted by Crippen LogP contribution is 2.33. The van der Waals surface area contributed by atoms with E-state index in [9.17, 15) is 0 Å². The van der Waals surface area contributed by atoms with Crippen LogP contribution in [-0.4, -0.2) is 0 Å². The molecule has 0 aliphatic rings. The molecule has 1 aromatic heterocycles. The maximum Gasteiger partial charge on any atom is 0.135 e. The van der Waals surface area contributed by atoms with Gasteiger partial charge < -0.3 is 10.2 Å². The van der Waals surface area contributed by atoms with Crippen LogP contribution in [0.3, 0.4) is 0 Å². The molecule has 1 unspecified atom stereocenters.